The summed E-state index contributed by atoms with van der Waals surface area (Å²) in [5.41, 5.74) is 0. The van der Waals surface area contributed by atoms with Crippen LogP contribution in [0, 0.1) is 0 Å². The predicted octanol–water partition coefficient (Wildman–Crippen LogP) is 3.45. The van der Waals surface area contributed by atoms with Crippen molar-refractivity contribution in [2.45, 2.75) is 19.6 Å². The lowest BCUT2D eigenvalue weighted by Crippen LogP contribution is -2.51. The van der Waals surface area contributed by atoms with Crippen LogP contribution in [0.15, 0.2) is 59.0 Å². The minimum atomic E-state index is -0.0599. The minimum Gasteiger partial charge on any atom is -0.486 e. The Morgan fingerprint density at radius 2 is 2.04 bits per heavy atom. The molecule has 1 amide bonds. The molecule has 0 saturated carbocycles. The first kappa shape index (κ1) is 16.7. The molecule has 1 aliphatic heterocycles. The molecule has 134 valence electrons. The normalized spacial score (nSPS) is 17.4. The quantitative estimate of drug-likeness (QED) is 0.783. The topological polar surface area (TPSA) is 54.7 Å². The molecule has 1 aliphatic rings. The second kappa shape index (κ2) is 7.22. The summed E-state index contributed by atoms with van der Waals surface area (Å²) in [7, 11) is 0. The number of fused-ring (bicyclic) bond motifs is 1. The number of rotatable bonds is 4. The number of ether oxygens (including phenoxy) is 1. The van der Waals surface area contributed by atoms with Crippen molar-refractivity contribution in [2.75, 3.05) is 19.6 Å². The van der Waals surface area contributed by atoms with E-state index in [1.807, 2.05) is 35.2 Å². The number of nitrogens with zero attached hydrogens (tertiary/aromatic N) is 1. The molecule has 2 aromatic carbocycles. The van der Waals surface area contributed by atoms with Crippen molar-refractivity contribution in [2.24, 2.45) is 0 Å². The van der Waals surface area contributed by atoms with Crippen LogP contribution in [0.5, 0.6) is 5.75 Å². The van der Waals surface area contributed by atoms with E-state index in [0.717, 1.165) is 17.7 Å². The Labute approximate surface area is 152 Å². The third kappa shape index (κ3) is 3.58. The number of hydrogen-bond acceptors (Lipinski definition) is 4. The van der Waals surface area contributed by atoms with Gasteiger partial charge in [0.15, 0.2) is 5.76 Å². The molecule has 1 unspecified atom stereocenters. The zero-order valence-corrected chi connectivity index (χ0v) is 14.8. The average Bonchev–Trinajstić information content (AvgIpc) is 3.14. The second-order valence-corrected chi connectivity index (χ2v) is 6.67. The summed E-state index contributed by atoms with van der Waals surface area (Å²) in [5, 5.41) is 5.64. The van der Waals surface area contributed by atoms with Crippen LogP contribution in [0.3, 0.4) is 0 Å². The maximum Gasteiger partial charge on any atom is 0.289 e. The van der Waals surface area contributed by atoms with Crippen molar-refractivity contribution >= 4 is 16.7 Å². The summed E-state index contributed by atoms with van der Waals surface area (Å²) in [4.78, 5) is 14.4. The van der Waals surface area contributed by atoms with Gasteiger partial charge in [-0.25, -0.2) is 0 Å². The molecule has 0 bridgehead atoms. The number of carbonyl (C=O) groups is 1. The van der Waals surface area contributed by atoms with Crippen molar-refractivity contribution < 1.29 is 13.9 Å². The van der Waals surface area contributed by atoms with Gasteiger partial charge in [0.2, 0.25) is 0 Å². The Kier molecular flexibility index (Phi) is 4.63. The molecular weight excluding hydrogens is 328 g/mol. The summed E-state index contributed by atoms with van der Waals surface area (Å²) in [6.07, 6.45) is 0. The van der Waals surface area contributed by atoms with Gasteiger partial charge in [0, 0.05) is 25.7 Å². The lowest BCUT2D eigenvalue weighted by Gasteiger charge is -2.31. The zero-order chi connectivity index (χ0) is 17.9. The van der Waals surface area contributed by atoms with E-state index in [0.29, 0.717) is 37.3 Å². The Balaban J connectivity index is 1.40. The molecule has 3 aromatic rings. The second-order valence-electron chi connectivity index (χ2n) is 6.67. The molecule has 1 atom stereocenters. The zero-order valence-electron chi connectivity index (χ0n) is 14.8. The van der Waals surface area contributed by atoms with Crippen molar-refractivity contribution in [3.8, 4) is 5.75 Å². The molecular formula is C21H22N2O3. The van der Waals surface area contributed by atoms with Gasteiger partial charge in [0.1, 0.15) is 18.1 Å². The van der Waals surface area contributed by atoms with Gasteiger partial charge in [-0.2, -0.15) is 0 Å². The SMILES string of the molecule is CC1CN(C(=O)c2ccc(COc3ccc4ccccc4c3)o2)CCN1. The molecule has 26 heavy (non-hydrogen) atoms. The van der Waals surface area contributed by atoms with Crippen LogP contribution in [-0.4, -0.2) is 36.5 Å². The van der Waals surface area contributed by atoms with Crippen LogP contribution < -0.4 is 10.1 Å². The summed E-state index contributed by atoms with van der Waals surface area (Å²) >= 11 is 0. The Hall–Kier alpha value is -2.79. The monoisotopic (exact) mass is 350 g/mol. The molecule has 0 aliphatic carbocycles. The van der Waals surface area contributed by atoms with Gasteiger partial charge in [0.25, 0.3) is 5.91 Å². The van der Waals surface area contributed by atoms with E-state index in [9.17, 15) is 4.79 Å². The van der Waals surface area contributed by atoms with Crippen LogP contribution in [0.4, 0.5) is 0 Å². The number of hydrogen-bond donors (Lipinski definition) is 1. The fraction of sp³-hybridized carbons (Fsp3) is 0.286. The number of nitrogens with one attached hydrogen (secondary N) is 1. The lowest BCUT2D eigenvalue weighted by molar-refractivity contribution is 0.0673. The van der Waals surface area contributed by atoms with E-state index in [2.05, 4.69) is 24.4 Å². The van der Waals surface area contributed by atoms with Crippen molar-refractivity contribution in [1.29, 1.82) is 0 Å². The van der Waals surface area contributed by atoms with E-state index in [1.165, 1.54) is 5.39 Å². The highest BCUT2D eigenvalue weighted by molar-refractivity contribution is 5.91. The van der Waals surface area contributed by atoms with E-state index >= 15 is 0 Å². The Bertz CT molecular complexity index is 918. The van der Waals surface area contributed by atoms with Crippen LogP contribution >= 0.6 is 0 Å². The highest BCUT2D eigenvalue weighted by Gasteiger charge is 2.23. The molecule has 1 aromatic heterocycles. The van der Waals surface area contributed by atoms with Crippen LogP contribution in [0.2, 0.25) is 0 Å². The summed E-state index contributed by atoms with van der Waals surface area (Å²) in [6, 6.07) is 18.0. The molecule has 1 N–H and O–H groups in total. The van der Waals surface area contributed by atoms with Gasteiger partial charge < -0.3 is 19.4 Å². The molecule has 5 heteroatoms. The Morgan fingerprint density at radius 1 is 1.19 bits per heavy atom. The van der Waals surface area contributed by atoms with E-state index in [4.69, 9.17) is 9.15 Å². The van der Waals surface area contributed by atoms with Crippen LogP contribution in [0.1, 0.15) is 23.2 Å². The first-order chi connectivity index (χ1) is 12.7. The third-order valence-corrected chi connectivity index (χ3v) is 4.63. The lowest BCUT2D eigenvalue weighted by atomic mass is 10.1. The van der Waals surface area contributed by atoms with Crippen molar-refractivity contribution in [3.05, 3.63) is 66.1 Å². The van der Waals surface area contributed by atoms with Gasteiger partial charge in [-0.3, -0.25) is 4.79 Å². The summed E-state index contributed by atoms with van der Waals surface area (Å²) < 4.78 is 11.5. The Morgan fingerprint density at radius 3 is 2.88 bits per heavy atom. The highest BCUT2D eigenvalue weighted by atomic mass is 16.5. The van der Waals surface area contributed by atoms with Gasteiger partial charge in [-0.1, -0.05) is 30.3 Å². The third-order valence-electron chi connectivity index (χ3n) is 4.63. The number of furan rings is 1. The van der Waals surface area contributed by atoms with Crippen molar-refractivity contribution in [1.82, 2.24) is 10.2 Å². The first-order valence-electron chi connectivity index (χ1n) is 8.92. The van der Waals surface area contributed by atoms with Crippen LogP contribution in [-0.2, 0) is 6.61 Å². The molecule has 0 spiro atoms. The number of piperazine rings is 1. The molecule has 0 radical (unpaired) electrons. The average molecular weight is 350 g/mol. The van der Waals surface area contributed by atoms with E-state index in [-0.39, 0.29) is 5.91 Å². The maximum atomic E-state index is 12.5. The number of carbonyl (C=O) groups excluding carboxylic acids is 1. The fourth-order valence-electron chi connectivity index (χ4n) is 3.25. The number of benzene rings is 2. The standard InChI is InChI=1S/C21H22N2O3/c1-15-13-23(11-10-22-15)21(24)20-9-8-19(26-20)14-25-18-7-6-16-4-2-3-5-17(16)12-18/h2-9,12,15,22H,10-11,13-14H2,1H3. The number of amides is 1. The van der Waals surface area contributed by atoms with Gasteiger partial charge >= 0.3 is 0 Å². The van der Waals surface area contributed by atoms with Gasteiger partial charge in [0.05, 0.1) is 0 Å². The van der Waals surface area contributed by atoms with Crippen LogP contribution in [0.25, 0.3) is 10.8 Å². The van der Waals surface area contributed by atoms with Gasteiger partial charge in [-0.15, -0.1) is 0 Å². The summed E-state index contributed by atoms with van der Waals surface area (Å²) in [6.45, 7) is 4.58. The highest BCUT2D eigenvalue weighted by Crippen LogP contribution is 2.22. The maximum absolute atomic E-state index is 12.5. The largest absolute Gasteiger partial charge is 0.486 e. The van der Waals surface area contributed by atoms with E-state index in [1.54, 1.807) is 12.1 Å². The predicted molar refractivity (Wildman–Crippen MR) is 100 cm³/mol. The van der Waals surface area contributed by atoms with E-state index < -0.39 is 0 Å². The molecule has 5 nitrogen and oxygen atoms in total. The molecule has 2 heterocycles. The fourth-order valence-corrected chi connectivity index (χ4v) is 3.25. The minimum absolute atomic E-state index is 0.0599. The van der Waals surface area contributed by atoms with Crippen molar-refractivity contribution in [3.63, 3.8) is 0 Å². The first-order valence-corrected chi connectivity index (χ1v) is 8.92. The molecule has 1 fully saturated rings. The van der Waals surface area contributed by atoms with Gasteiger partial charge in [-0.05, 0) is 42.0 Å². The smallest absolute Gasteiger partial charge is 0.289 e. The molecule has 1 saturated heterocycles. The molecule has 4 rings (SSSR count). The summed E-state index contributed by atoms with van der Waals surface area (Å²) in [5.74, 6) is 1.74.